The summed E-state index contributed by atoms with van der Waals surface area (Å²) in [6.07, 6.45) is -0.957. The third-order valence-corrected chi connectivity index (χ3v) is 4.20. The fourth-order valence-electron chi connectivity index (χ4n) is 2.98. The summed E-state index contributed by atoms with van der Waals surface area (Å²) in [5.41, 5.74) is 1.62. The van der Waals surface area contributed by atoms with E-state index in [0.717, 1.165) is 11.1 Å². The first-order valence-electron chi connectivity index (χ1n) is 7.81. The Balaban J connectivity index is 1.79. The number of hydrogen-bond acceptors (Lipinski definition) is 4. The molecule has 3 rings (SSSR count). The van der Waals surface area contributed by atoms with Crippen LogP contribution in [-0.4, -0.2) is 30.1 Å². The minimum atomic E-state index is -0.601. The molecule has 1 aliphatic rings. The van der Waals surface area contributed by atoms with Gasteiger partial charge in [0.05, 0.1) is 19.6 Å². The largest absolute Gasteiger partial charge is 0.496 e. The van der Waals surface area contributed by atoms with E-state index in [-0.39, 0.29) is 18.4 Å². The van der Waals surface area contributed by atoms with Crippen LogP contribution in [0.2, 0.25) is 0 Å². The zero-order valence-electron chi connectivity index (χ0n) is 13.6. The quantitative estimate of drug-likeness (QED) is 0.865. The molecular weight excluding hydrogens is 306 g/mol. The Hall–Kier alpha value is -2.82. The number of nitrogens with zero attached hydrogens (tertiary/aromatic N) is 1. The van der Waals surface area contributed by atoms with Crippen LogP contribution in [0, 0.1) is 0 Å². The van der Waals surface area contributed by atoms with Gasteiger partial charge in [-0.2, -0.15) is 0 Å². The molecular formula is C19H19NO4. The van der Waals surface area contributed by atoms with Crippen molar-refractivity contribution in [2.45, 2.75) is 25.5 Å². The number of carbonyl (C=O) groups excluding carboxylic acids is 2. The van der Waals surface area contributed by atoms with Crippen LogP contribution in [0.25, 0.3) is 0 Å². The molecule has 1 aliphatic heterocycles. The van der Waals surface area contributed by atoms with Gasteiger partial charge in [-0.15, -0.1) is 0 Å². The average Bonchev–Trinajstić information content (AvgIpc) is 2.90. The van der Waals surface area contributed by atoms with E-state index in [1.165, 1.54) is 4.90 Å². The van der Waals surface area contributed by atoms with Gasteiger partial charge >= 0.3 is 6.09 Å². The molecule has 2 atom stereocenters. The number of hydrogen-bond donors (Lipinski definition) is 0. The molecule has 124 valence electrons. The molecule has 0 saturated carbocycles. The second-order valence-corrected chi connectivity index (χ2v) is 5.71. The van der Waals surface area contributed by atoms with E-state index in [2.05, 4.69) is 0 Å². The van der Waals surface area contributed by atoms with Crippen molar-refractivity contribution >= 4 is 12.0 Å². The van der Waals surface area contributed by atoms with E-state index < -0.39 is 12.2 Å². The number of carbonyl (C=O) groups is 2. The lowest BCUT2D eigenvalue weighted by Gasteiger charge is -2.19. The van der Waals surface area contributed by atoms with Crippen molar-refractivity contribution in [1.29, 1.82) is 0 Å². The highest BCUT2D eigenvalue weighted by Gasteiger charge is 2.43. The highest BCUT2D eigenvalue weighted by molar-refractivity contribution is 5.95. The normalized spacial score (nSPS) is 19.9. The Bertz CT molecular complexity index is 744. The van der Waals surface area contributed by atoms with Crippen molar-refractivity contribution in [3.63, 3.8) is 0 Å². The molecule has 2 amide bonds. The molecule has 1 fully saturated rings. The predicted molar refractivity (Wildman–Crippen MR) is 88.7 cm³/mol. The van der Waals surface area contributed by atoms with Gasteiger partial charge in [0.15, 0.2) is 0 Å². The van der Waals surface area contributed by atoms with Crippen LogP contribution in [0.3, 0.4) is 0 Å². The predicted octanol–water partition coefficient (Wildman–Crippen LogP) is 3.35. The molecule has 24 heavy (non-hydrogen) atoms. The van der Waals surface area contributed by atoms with Crippen molar-refractivity contribution in [3.8, 4) is 5.75 Å². The molecule has 1 saturated heterocycles. The SMILES string of the molecule is COc1ccccc1CC(=O)N1C(=O)O[C@H](c2ccccc2)[C@H]1C. The maximum atomic E-state index is 12.7. The monoisotopic (exact) mass is 325 g/mol. The van der Waals surface area contributed by atoms with E-state index >= 15 is 0 Å². The third-order valence-electron chi connectivity index (χ3n) is 4.20. The molecule has 0 unspecified atom stereocenters. The first-order valence-corrected chi connectivity index (χ1v) is 7.81. The average molecular weight is 325 g/mol. The lowest BCUT2D eigenvalue weighted by Crippen LogP contribution is -2.38. The van der Waals surface area contributed by atoms with Gasteiger partial charge in [-0.1, -0.05) is 48.5 Å². The van der Waals surface area contributed by atoms with E-state index in [1.807, 2.05) is 55.5 Å². The summed E-state index contributed by atoms with van der Waals surface area (Å²) in [4.78, 5) is 26.1. The van der Waals surface area contributed by atoms with Crippen molar-refractivity contribution in [3.05, 3.63) is 65.7 Å². The Morgan fingerprint density at radius 3 is 2.50 bits per heavy atom. The van der Waals surface area contributed by atoms with Crippen molar-refractivity contribution < 1.29 is 19.1 Å². The highest BCUT2D eigenvalue weighted by Crippen LogP contribution is 2.33. The van der Waals surface area contributed by atoms with E-state index in [0.29, 0.717) is 5.75 Å². The van der Waals surface area contributed by atoms with Crippen molar-refractivity contribution in [2.24, 2.45) is 0 Å². The van der Waals surface area contributed by atoms with E-state index in [4.69, 9.17) is 9.47 Å². The minimum absolute atomic E-state index is 0.0883. The topological polar surface area (TPSA) is 55.8 Å². The van der Waals surface area contributed by atoms with Gasteiger partial charge in [0.1, 0.15) is 11.9 Å². The maximum absolute atomic E-state index is 12.7. The Labute approximate surface area is 140 Å². The summed E-state index contributed by atoms with van der Waals surface area (Å²) in [5.74, 6) is 0.334. The smallest absolute Gasteiger partial charge is 0.417 e. The Kier molecular flexibility index (Phi) is 4.51. The van der Waals surface area contributed by atoms with E-state index in [1.54, 1.807) is 13.2 Å². The van der Waals surface area contributed by atoms with Gasteiger partial charge in [0.2, 0.25) is 5.91 Å². The molecule has 0 aliphatic carbocycles. The first-order chi connectivity index (χ1) is 11.6. The highest BCUT2D eigenvalue weighted by atomic mass is 16.6. The molecule has 0 N–H and O–H groups in total. The number of methoxy groups -OCH3 is 1. The summed E-state index contributed by atoms with van der Waals surface area (Å²) in [6, 6.07) is 16.4. The lowest BCUT2D eigenvalue weighted by molar-refractivity contribution is -0.128. The van der Waals surface area contributed by atoms with E-state index in [9.17, 15) is 9.59 Å². The summed E-state index contributed by atoms with van der Waals surface area (Å²) in [6.45, 7) is 1.82. The van der Waals surface area contributed by atoms with Crippen LogP contribution < -0.4 is 4.74 Å². The van der Waals surface area contributed by atoms with Gasteiger partial charge in [-0.05, 0) is 18.6 Å². The Morgan fingerprint density at radius 2 is 1.79 bits per heavy atom. The number of para-hydroxylation sites is 1. The molecule has 0 bridgehead atoms. The molecule has 1 heterocycles. The molecule has 0 spiro atoms. The summed E-state index contributed by atoms with van der Waals surface area (Å²) in [7, 11) is 1.56. The maximum Gasteiger partial charge on any atom is 0.417 e. The number of benzene rings is 2. The number of amides is 2. The molecule has 5 heteroatoms. The second kappa shape index (κ2) is 6.74. The van der Waals surface area contributed by atoms with Gasteiger partial charge < -0.3 is 9.47 Å². The van der Waals surface area contributed by atoms with Crippen molar-refractivity contribution in [1.82, 2.24) is 4.90 Å². The molecule has 0 aromatic heterocycles. The van der Waals surface area contributed by atoms with Crippen LogP contribution in [0.1, 0.15) is 24.2 Å². The van der Waals surface area contributed by atoms with Crippen LogP contribution in [0.5, 0.6) is 5.75 Å². The zero-order chi connectivity index (χ0) is 17.1. The third kappa shape index (κ3) is 2.97. The number of cyclic esters (lactones) is 1. The lowest BCUT2D eigenvalue weighted by atomic mass is 10.0. The molecule has 0 radical (unpaired) electrons. The summed E-state index contributed by atoms with van der Waals surface area (Å²) >= 11 is 0. The second-order valence-electron chi connectivity index (χ2n) is 5.71. The van der Waals surface area contributed by atoms with Gasteiger partial charge in [-0.3, -0.25) is 4.79 Å². The molecule has 5 nitrogen and oxygen atoms in total. The van der Waals surface area contributed by atoms with Gasteiger partial charge in [0, 0.05) is 5.56 Å². The number of imide groups is 1. The standard InChI is InChI=1S/C19H19NO4/c1-13-18(14-8-4-3-5-9-14)24-19(22)20(13)17(21)12-15-10-6-7-11-16(15)23-2/h3-11,13,18H,12H2,1-2H3/t13-,18+/m1/s1. The fraction of sp³-hybridized carbons (Fsp3) is 0.263. The summed E-state index contributed by atoms with van der Waals surface area (Å²) in [5, 5.41) is 0. The summed E-state index contributed by atoms with van der Waals surface area (Å²) < 4.78 is 10.7. The van der Waals surface area contributed by atoms with Crippen molar-refractivity contribution in [2.75, 3.05) is 7.11 Å². The van der Waals surface area contributed by atoms with Crippen LogP contribution in [-0.2, 0) is 16.0 Å². The zero-order valence-corrected chi connectivity index (χ0v) is 13.6. The fourth-order valence-corrected chi connectivity index (χ4v) is 2.98. The molecule has 2 aromatic carbocycles. The van der Waals surface area contributed by atoms with Crippen LogP contribution in [0.15, 0.2) is 54.6 Å². The van der Waals surface area contributed by atoms with Crippen LogP contribution in [0.4, 0.5) is 4.79 Å². The van der Waals surface area contributed by atoms with Crippen LogP contribution >= 0.6 is 0 Å². The first kappa shape index (κ1) is 16.1. The number of rotatable bonds is 4. The number of ether oxygens (including phenoxy) is 2. The van der Waals surface area contributed by atoms with Gasteiger partial charge in [-0.25, -0.2) is 9.69 Å². The van der Waals surface area contributed by atoms with Gasteiger partial charge in [0.25, 0.3) is 0 Å². The Morgan fingerprint density at radius 1 is 1.12 bits per heavy atom. The molecule has 2 aromatic rings. The minimum Gasteiger partial charge on any atom is -0.496 e.